The van der Waals surface area contributed by atoms with Crippen molar-refractivity contribution in [3.05, 3.63) is 0 Å². The fraction of sp³-hybridized carbons (Fsp3) is 1.00. The Hall–Kier alpha value is -0.0800. The third kappa shape index (κ3) is 6.62. The molecule has 0 fully saturated rings. The van der Waals surface area contributed by atoms with E-state index < -0.39 is 0 Å². The van der Waals surface area contributed by atoms with Crippen molar-refractivity contribution in [1.29, 1.82) is 0 Å². The Morgan fingerprint density at radius 1 is 1.33 bits per heavy atom. The average molecular weight is 172 g/mol. The van der Waals surface area contributed by atoms with Gasteiger partial charge in [-0.25, -0.2) is 0 Å². The van der Waals surface area contributed by atoms with E-state index in [0.29, 0.717) is 12.0 Å². The van der Waals surface area contributed by atoms with Crippen molar-refractivity contribution in [1.82, 2.24) is 5.32 Å². The van der Waals surface area contributed by atoms with E-state index in [0.717, 1.165) is 13.1 Å². The molecule has 0 aromatic carbocycles. The molecule has 74 valence electrons. The minimum Gasteiger partial charge on any atom is -0.330 e. The fourth-order valence-electron chi connectivity index (χ4n) is 1.10. The predicted octanol–water partition coefficient (Wildman–Crippen LogP) is 1.75. The zero-order valence-corrected chi connectivity index (χ0v) is 8.77. The third-order valence-corrected chi connectivity index (χ3v) is 2.21. The first kappa shape index (κ1) is 11.9. The second-order valence-corrected chi connectivity index (χ2v) is 3.79. The van der Waals surface area contributed by atoms with Gasteiger partial charge < -0.3 is 11.1 Å². The molecular weight excluding hydrogens is 148 g/mol. The molecule has 0 saturated carbocycles. The molecule has 0 aliphatic heterocycles. The molecule has 0 heterocycles. The van der Waals surface area contributed by atoms with E-state index >= 15 is 0 Å². The highest BCUT2D eigenvalue weighted by molar-refractivity contribution is 4.63. The maximum atomic E-state index is 5.52. The van der Waals surface area contributed by atoms with Crippen molar-refractivity contribution >= 4 is 0 Å². The SMILES string of the molecule is CCCCC(C)NCC(C)CN. The van der Waals surface area contributed by atoms with Gasteiger partial charge in [0.05, 0.1) is 0 Å². The van der Waals surface area contributed by atoms with Crippen LogP contribution in [0, 0.1) is 5.92 Å². The summed E-state index contributed by atoms with van der Waals surface area (Å²) in [5.74, 6) is 0.606. The van der Waals surface area contributed by atoms with Crippen LogP contribution in [0.1, 0.15) is 40.0 Å². The lowest BCUT2D eigenvalue weighted by atomic mass is 10.1. The molecule has 0 aromatic heterocycles. The first-order valence-corrected chi connectivity index (χ1v) is 5.14. The highest BCUT2D eigenvalue weighted by atomic mass is 14.9. The van der Waals surface area contributed by atoms with E-state index in [-0.39, 0.29) is 0 Å². The van der Waals surface area contributed by atoms with Crippen molar-refractivity contribution in [2.75, 3.05) is 13.1 Å². The van der Waals surface area contributed by atoms with Crippen LogP contribution in [0.2, 0.25) is 0 Å². The third-order valence-electron chi connectivity index (χ3n) is 2.21. The van der Waals surface area contributed by atoms with Crippen molar-refractivity contribution in [2.45, 2.75) is 46.1 Å². The molecule has 0 rings (SSSR count). The lowest BCUT2D eigenvalue weighted by Gasteiger charge is -2.16. The summed E-state index contributed by atoms with van der Waals surface area (Å²) in [6.07, 6.45) is 3.90. The molecule has 0 amide bonds. The zero-order valence-electron chi connectivity index (χ0n) is 8.77. The number of nitrogens with one attached hydrogen (secondary N) is 1. The normalized spacial score (nSPS) is 16.0. The molecule has 2 atom stereocenters. The lowest BCUT2D eigenvalue weighted by molar-refractivity contribution is 0.441. The first-order chi connectivity index (χ1) is 5.70. The molecule has 12 heavy (non-hydrogen) atoms. The summed E-state index contributed by atoms with van der Waals surface area (Å²) >= 11 is 0. The smallest absolute Gasteiger partial charge is 0.00388 e. The van der Waals surface area contributed by atoms with E-state index in [1.165, 1.54) is 19.3 Å². The van der Waals surface area contributed by atoms with Crippen LogP contribution in [0.15, 0.2) is 0 Å². The van der Waals surface area contributed by atoms with Crippen LogP contribution in [-0.4, -0.2) is 19.1 Å². The number of unbranched alkanes of at least 4 members (excludes halogenated alkanes) is 1. The molecule has 0 radical (unpaired) electrons. The van der Waals surface area contributed by atoms with Crippen LogP contribution < -0.4 is 11.1 Å². The number of hydrogen-bond donors (Lipinski definition) is 2. The van der Waals surface area contributed by atoms with Gasteiger partial charge >= 0.3 is 0 Å². The molecule has 2 nitrogen and oxygen atoms in total. The van der Waals surface area contributed by atoms with Gasteiger partial charge in [-0.2, -0.15) is 0 Å². The molecule has 0 aromatic rings. The van der Waals surface area contributed by atoms with Gasteiger partial charge in [0.15, 0.2) is 0 Å². The van der Waals surface area contributed by atoms with Crippen molar-refractivity contribution in [3.8, 4) is 0 Å². The Balaban J connectivity index is 3.24. The minimum absolute atomic E-state index is 0.606. The number of hydrogen-bond acceptors (Lipinski definition) is 2. The van der Waals surface area contributed by atoms with Gasteiger partial charge in [-0.3, -0.25) is 0 Å². The Kier molecular flexibility index (Phi) is 7.51. The van der Waals surface area contributed by atoms with Crippen molar-refractivity contribution in [3.63, 3.8) is 0 Å². The van der Waals surface area contributed by atoms with E-state index in [1.807, 2.05) is 0 Å². The summed E-state index contributed by atoms with van der Waals surface area (Å²) < 4.78 is 0. The monoisotopic (exact) mass is 172 g/mol. The maximum Gasteiger partial charge on any atom is 0.00388 e. The Bertz CT molecular complexity index is 93.8. The summed E-state index contributed by atoms with van der Waals surface area (Å²) in [5.41, 5.74) is 5.52. The van der Waals surface area contributed by atoms with Crippen molar-refractivity contribution < 1.29 is 0 Å². The van der Waals surface area contributed by atoms with Crippen LogP contribution >= 0.6 is 0 Å². The summed E-state index contributed by atoms with van der Waals surface area (Å²) in [5, 5.41) is 3.49. The second-order valence-electron chi connectivity index (χ2n) is 3.79. The van der Waals surface area contributed by atoms with E-state index in [2.05, 4.69) is 26.1 Å². The topological polar surface area (TPSA) is 38.0 Å². The lowest BCUT2D eigenvalue weighted by Crippen LogP contribution is -2.32. The summed E-state index contributed by atoms with van der Waals surface area (Å²) in [4.78, 5) is 0. The molecule has 2 unspecified atom stereocenters. The molecule has 0 aliphatic rings. The molecular formula is C10H24N2. The molecule has 0 saturated heterocycles. The van der Waals surface area contributed by atoms with Gasteiger partial charge in [-0.15, -0.1) is 0 Å². The van der Waals surface area contributed by atoms with E-state index in [1.54, 1.807) is 0 Å². The van der Waals surface area contributed by atoms with E-state index in [9.17, 15) is 0 Å². The first-order valence-electron chi connectivity index (χ1n) is 5.14. The van der Waals surface area contributed by atoms with Gasteiger partial charge in [-0.1, -0.05) is 26.7 Å². The van der Waals surface area contributed by atoms with Crippen LogP contribution in [-0.2, 0) is 0 Å². The Morgan fingerprint density at radius 3 is 2.50 bits per heavy atom. The van der Waals surface area contributed by atoms with Crippen molar-refractivity contribution in [2.24, 2.45) is 11.7 Å². The maximum absolute atomic E-state index is 5.52. The van der Waals surface area contributed by atoms with Gasteiger partial charge in [0.1, 0.15) is 0 Å². The van der Waals surface area contributed by atoms with Crippen LogP contribution in [0.5, 0.6) is 0 Å². The Morgan fingerprint density at radius 2 is 2.00 bits per heavy atom. The fourth-order valence-corrected chi connectivity index (χ4v) is 1.10. The summed E-state index contributed by atoms with van der Waals surface area (Å²) in [6, 6.07) is 0.652. The van der Waals surface area contributed by atoms with Gasteiger partial charge in [0.25, 0.3) is 0 Å². The molecule has 0 aliphatic carbocycles. The Labute approximate surface area is 76.9 Å². The second kappa shape index (κ2) is 7.56. The average Bonchev–Trinajstić information content (AvgIpc) is 2.10. The summed E-state index contributed by atoms with van der Waals surface area (Å²) in [6.45, 7) is 8.50. The standard InChI is InChI=1S/C10H24N2/c1-4-5-6-10(3)12-8-9(2)7-11/h9-10,12H,4-8,11H2,1-3H3. The van der Waals surface area contributed by atoms with Crippen LogP contribution in [0.25, 0.3) is 0 Å². The highest BCUT2D eigenvalue weighted by Crippen LogP contribution is 2.00. The van der Waals surface area contributed by atoms with Gasteiger partial charge in [-0.05, 0) is 32.4 Å². The molecule has 3 N–H and O–H groups in total. The highest BCUT2D eigenvalue weighted by Gasteiger charge is 2.02. The number of rotatable bonds is 7. The number of nitrogens with two attached hydrogens (primary N) is 1. The zero-order chi connectivity index (χ0) is 9.40. The van der Waals surface area contributed by atoms with Crippen LogP contribution in [0.4, 0.5) is 0 Å². The quantitative estimate of drug-likeness (QED) is 0.614. The van der Waals surface area contributed by atoms with Crippen LogP contribution in [0.3, 0.4) is 0 Å². The molecule has 2 heteroatoms. The minimum atomic E-state index is 0.606. The van der Waals surface area contributed by atoms with Gasteiger partial charge in [0, 0.05) is 6.04 Å². The molecule has 0 spiro atoms. The largest absolute Gasteiger partial charge is 0.330 e. The van der Waals surface area contributed by atoms with E-state index in [4.69, 9.17) is 5.73 Å². The summed E-state index contributed by atoms with van der Waals surface area (Å²) in [7, 11) is 0. The van der Waals surface area contributed by atoms with Gasteiger partial charge in [0.2, 0.25) is 0 Å². The molecule has 0 bridgehead atoms. The predicted molar refractivity (Wildman–Crippen MR) is 55.2 cm³/mol.